The van der Waals surface area contributed by atoms with Gasteiger partial charge in [-0.1, -0.05) is 12.1 Å². The van der Waals surface area contributed by atoms with Crippen LogP contribution in [0, 0.1) is 5.92 Å². The molecule has 2 aromatic rings. The average Bonchev–Trinajstić information content (AvgIpc) is 3.14. The lowest BCUT2D eigenvalue weighted by Gasteiger charge is -1.99. The maximum atomic E-state index is 11.7. The van der Waals surface area contributed by atoms with E-state index in [9.17, 15) is 9.90 Å². The van der Waals surface area contributed by atoms with E-state index in [2.05, 4.69) is 9.97 Å². The summed E-state index contributed by atoms with van der Waals surface area (Å²) in [5, 5.41) is 9.71. The minimum Gasteiger partial charge on any atom is -0.512 e. The molecule has 86 valence electrons. The first kappa shape index (κ1) is 10.1. The number of allylic oxidation sites excluding steroid dienone is 1. The zero-order chi connectivity index (χ0) is 11.8. The second kappa shape index (κ2) is 3.73. The Morgan fingerprint density at radius 3 is 2.94 bits per heavy atom. The summed E-state index contributed by atoms with van der Waals surface area (Å²) < 4.78 is 0. The number of aromatic amines is 1. The third-order valence-electron chi connectivity index (χ3n) is 2.91. The molecule has 4 heteroatoms. The number of nitrogens with one attached hydrogen (secondary N) is 1. The predicted molar refractivity (Wildman–Crippen MR) is 65.7 cm³/mol. The van der Waals surface area contributed by atoms with Gasteiger partial charge in [-0.05, 0) is 25.0 Å². The van der Waals surface area contributed by atoms with Crippen molar-refractivity contribution in [3.63, 3.8) is 0 Å². The van der Waals surface area contributed by atoms with Crippen molar-refractivity contribution in [3.8, 4) is 0 Å². The van der Waals surface area contributed by atoms with Gasteiger partial charge in [0.2, 0.25) is 0 Å². The Bertz CT molecular complexity index is 654. The molecule has 1 aromatic heterocycles. The minimum atomic E-state index is -0.268. The molecular weight excluding hydrogens is 216 g/mol. The summed E-state index contributed by atoms with van der Waals surface area (Å²) >= 11 is 0. The zero-order valence-electron chi connectivity index (χ0n) is 9.18. The minimum absolute atomic E-state index is 0.225. The maximum Gasteiger partial charge on any atom is 0.274 e. The van der Waals surface area contributed by atoms with Crippen molar-refractivity contribution in [3.05, 3.63) is 46.1 Å². The van der Waals surface area contributed by atoms with Gasteiger partial charge in [-0.25, -0.2) is 4.98 Å². The molecule has 1 aliphatic rings. The van der Waals surface area contributed by atoms with Crippen LogP contribution in [0.2, 0.25) is 0 Å². The number of hydrogen-bond donors (Lipinski definition) is 2. The summed E-state index contributed by atoms with van der Waals surface area (Å²) in [7, 11) is 0. The summed E-state index contributed by atoms with van der Waals surface area (Å²) in [6, 6.07) is 7.34. The summed E-state index contributed by atoms with van der Waals surface area (Å²) in [6.07, 6.45) is 3.46. The van der Waals surface area contributed by atoms with Gasteiger partial charge in [0, 0.05) is 12.0 Å². The molecule has 0 saturated heterocycles. The molecule has 1 fully saturated rings. The summed E-state index contributed by atoms with van der Waals surface area (Å²) in [6.45, 7) is 0. The number of aliphatic hydroxyl groups excluding tert-OH is 1. The van der Waals surface area contributed by atoms with Crippen LogP contribution >= 0.6 is 0 Å². The van der Waals surface area contributed by atoms with Crippen molar-refractivity contribution in [2.75, 3.05) is 0 Å². The summed E-state index contributed by atoms with van der Waals surface area (Å²) in [5.41, 5.74) is 1.44. The number of para-hydroxylation sites is 2. The van der Waals surface area contributed by atoms with E-state index in [1.165, 1.54) is 6.08 Å². The number of aromatic nitrogens is 2. The van der Waals surface area contributed by atoms with E-state index in [0.29, 0.717) is 5.52 Å². The Morgan fingerprint density at radius 1 is 1.41 bits per heavy atom. The molecular formula is C13H12N2O2. The largest absolute Gasteiger partial charge is 0.512 e. The van der Waals surface area contributed by atoms with E-state index < -0.39 is 0 Å². The van der Waals surface area contributed by atoms with Gasteiger partial charge in [0.25, 0.3) is 5.56 Å². The SMILES string of the molecule is O=c1[nH]c2ccccc2nc1C=C(O)C1CC1. The first-order chi connectivity index (χ1) is 8.24. The van der Waals surface area contributed by atoms with Gasteiger partial charge in [-0.3, -0.25) is 4.79 Å². The monoisotopic (exact) mass is 228 g/mol. The van der Waals surface area contributed by atoms with Crippen molar-refractivity contribution < 1.29 is 5.11 Å². The molecule has 1 heterocycles. The summed E-state index contributed by atoms with van der Waals surface area (Å²) in [5.74, 6) is 0.487. The molecule has 4 nitrogen and oxygen atoms in total. The quantitative estimate of drug-likeness (QED) is 0.774. The molecule has 2 N–H and O–H groups in total. The van der Waals surface area contributed by atoms with E-state index in [1.807, 2.05) is 18.2 Å². The first-order valence-corrected chi connectivity index (χ1v) is 5.63. The Labute approximate surface area is 97.6 Å². The highest BCUT2D eigenvalue weighted by Gasteiger charge is 2.26. The van der Waals surface area contributed by atoms with E-state index in [1.54, 1.807) is 6.07 Å². The lowest BCUT2D eigenvalue weighted by atomic mass is 10.2. The van der Waals surface area contributed by atoms with E-state index in [-0.39, 0.29) is 22.9 Å². The van der Waals surface area contributed by atoms with Crippen LogP contribution in [0.4, 0.5) is 0 Å². The third-order valence-corrected chi connectivity index (χ3v) is 2.91. The Balaban J connectivity index is 2.13. The molecule has 17 heavy (non-hydrogen) atoms. The smallest absolute Gasteiger partial charge is 0.274 e. The first-order valence-electron chi connectivity index (χ1n) is 5.63. The highest BCUT2D eigenvalue weighted by Crippen LogP contribution is 2.35. The van der Waals surface area contributed by atoms with Crippen molar-refractivity contribution in [1.29, 1.82) is 0 Å². The van der Waals surface area contributed by atoms with Crippen LogP contribution in [0.25, 0.3) is 17.1 Å². The van der Waals surface area contributed by atoms with E-state index in [0.717, 1.165) is 18.4 Å². The van der Waals surface area contributed by atoms with Crippen LogP contribution < -0.4 is 5.56 Å². The van der Waals surface area contributed by atoms with Crippen LogP contribution in [-0.4, -0.2) is 15.1 Å². The van der Waals surface area contributed by atoms with Crippen molar-refractivity contribution in [2.45, 2.75) is 12.8 Å². The lowest BCUT2D eigenvalue weighted by Crippen LogP contribution is -2.12. The fourth-order valence-electron chi connectivity index (χ4n) is 1.78. The van der Waals surface area contributed by atoms with E-state index in [4.69, 9.17) is 0 Å². The molecule has 0 unspecified atom stereocenters. The fraction of sp³-hybridized carbons (Fsp3) is 0.231. The van der Waals surface area contributed by atoms with Gasteiger partial charge in [0.1, 0.15) is 5.69 Å². The van der Waals surface area contributed by atoms with Gasteiger partial charge in [0.15, 0.2) is 0 Å². The van der Waals surface area contributed by atoms with Crippen LogP contribution in [0.1, 0.15) is 18.5 Å². The van der Waals surface area contributed by atoms with Crippen molar-refractivity contribution in [2.24, 2.45) is 5.92 Å². The highest BCUT2D eigenvalue weighted by molar-refractivity contribution is 5.74. The summed E-state index contributed by atoms with van der Waals surface area (Å²) in [4.78, 5) is 18.7. The molecule has 0 aliphatic heterocycles. The second-order valence-electron chi connectivity index (χ2n) is 4.31. The third kappa shape index (κ3) is 1.93. The normalized spacial score (nSPS) is 16.4. The second-order valence-corrected chi connectivity index (χ2v) is 4.31. The maximum absolute atomic E-state index is 11.7. The van der Waals surface area contributed by atoms with Gasteiger partial charge in [-0.2, -0.15) is 0 Å². The van der Waals surface area contributed by atoms with Crippen LogP contribution in [0.5, 0.6) is 0 Å². The molecule has 1 aliphatic carbocycles. The Morgan fingerprint density at radius 2 is 2.18 bits per heavy atom. The molecule has 0 amide bonds. The average molecular weight is 228 g/mol. The molecule has 1 aromatic carbocycles. The lowest BCUT2D eigenvalue weighted by molar-refractivity contribution is 0.385. The molecule has 3 rings (SSSR count). The van der Waals surface area contributed by atoms with Crippen LogP contribution in [0.15, 0.2) is 34.8 Å². The number of hydrogen-bond acceptors (Lipinski definition) is 3. The number of rotatable bonds is 2. The van der Waals surface area contributed by atoms with Crippen LogP contribution in [0.3, 0.4) is 0 Å². The topological polar surface area (TPSA) is 66.0 Å². The molecule has 1 saturated carbocycles. The van der Waals surface area contributed by atoms with Crippen molar-refractivity contribution >= 4 is 17.1 Å². The predicted octanol–water partition coefficient (Wildman–Crippen LogP) is 2.23. The van der Waals surface area contributed by atoms with Gasteiger partial charge < -0.3 is 10.1 Å². The molecule has 0 radical (unpaired) electrons. The zero-order valence-corrected chi connectivity index (χ0v) is 9.18. The van der Waals surface area contributed by atoms with Crippen LogP contribution in [-0.2, 0) is 0 Å². The van der Waals surface area contributed by atoms with E-state index >= 15 is 0 Å². The van der Waals surface area contributed by atoms with Gasteiger partial charge >= 0.3 is 0 Å². The van der Waals surface area contributed by atoms with Gasteiger partial charge in [-0.15, -0.1) is 0 Å². The fourth-order valence-corrected chi connectivity index (χ4v) is 1.78. The van der Waals surface area contributed by atoms with Gasteiger partial charge in [0.05, 0.1) is 16.8 Å². The number of H-pyrrole nitrogens is 1. The number of fused-ring (bicyclic) bond motifs is 1. The standard InChI is InChI=1S/C13H12N2O2/c16-12(8-5-6-8)7-11-13(17)15-10-4-2-1-3-9(10)14-11/h1-4,7-8,16H,5-6H2,(H,15,17). The Kier molecular flexibility index (Phi) is 2.21. The number of benzene rings is 1. The Hall–Kier alpha value is -2.10. The number of aliphatic hydroxyl groups is 1. The van der Waals surface area contributed by atoms with Crippen molar-refractivity contribution in [1.82, 2.24) is 9.97 Å². The molecule has 0 atom stereocenters. The number of nitrogens with zero attached hydrogens (tertiary/aromatic N) is 1. The molecule has 0 bridgehead atoms. The molecule has 0 spiro atoms. The highest BCUT2D eigenvalue weighted by atomic mass is 16.3.